The number of benzene rings is 2. The van der Waals surface area contributed by atoms with E-state index in [1.54, 1.807) is 0 Å². The zero-order chi connectivity index (χ0) is 18.6. The summed E-state index contributed by atoms with van der Waals surface area (Å²) < 4.78 is 1.10. The molecule has 136 valence electrons. The lowest BCUT2D eigenvalue weighted by Crippen LogP contribution is -2.19. The Morgan fingerprint density at radius 3 is 2.44 bits per heavy atom. The molecule has 1 aromatic heterocycles. The molecule has 1 aliphatic rings. The summed E-state index contributed by atoms with van der Waals surface area (Å²) in [7, 11) is 0. The molecule has 0 bridgehead atoms. The number of hydrogen-bond acceptors (Lipinski definition) is 4. The number of nitrogens with zero attached hydrogens (tertiary/aromatic N) is 3. The van der Waals surface area contributed by atoms with Gasteiger partial charge in [-0.15, -0.1) is 10.2 Å². The average Bonchev–Trinajstić information content (AvgIpc) is 3.24. The third-order valence-electron chi connectivity index (χ3n) is 4.60. The maximum absolute atomic E-state index is 12.4. The van der Waals surface area contributed by atoms with Crippen LogP contribution in [0.15, 0.2) is 60.7 Å². The predicted octanol–water partition coefficient (Wildman–Crippen LogP) is 4.60. The van der Waals surface area contributed by atoms with E-state index in [1.165, 1.54) is 12.8 Å². The van der Waals surface area contributed by atoms with Crippen molar-refractivity contribution in [3.05, 3.63) is 69.8 Å². The van der Waals surface area contributed by atoms with E-state index < -0.39 is 0 Å². The highest BCUT2D eigenvalue weighted by atomic mass is 127. The van der Waals surface area contributed by atoms with Crippen LogP contribution in [0, 0.1) is 3.57 Å². The summed E-state index contributed by atoms with van der Waals surface area (Å²) in [6.45, 7) is 2.10. The standard InChI is InChI=1S/C21H19IN4O/c22-17-8-6-15(7-9-17)21(27)23-18-5-3-4-16(14-18)19-10-11-20(25-24-19)26-12-1-2-13-26/h3-11,14H,1-2,12-13H2,(H,23,27). The van der Waals surface area contributed by atoms with E-state index in [4.69, 9.17) is 0 Å². The highest BCUT2D eigenvalue weighted by molar-refractivity contribution is 14.1. The van der Waals surface area contributed by atoms with Crippen LogP contribution < -0.4 is 10.2 Å². The van der Waals surface area contributed by atoms with E-state index in [0.717, 1.165) is 39.4 Å². The minimum Gasteiger partial charge on any atom is -0.355 e. The maximum Gasteiger partial charge on any atom is 0.255 e. The Morgan fingerprint density at radius 2 is 1.74 bits per heavy atom. The number of amides is 1. The van der Waals surface area contributed by atoms with Crippen LogP contribution in [0.4, 0.5) is 11.5 Å². The second-order valence-corrected chi connectivity index (χ2v) is 7.76. The second-order valence-electron chi connectivity index (χ2n) is 6.51. The lowest BCUT2D eigenvalue weighted by Gasteiger charge is -2.15. The van der Waals surface area contributed by atoms with Crippen molar-refractivity contribution in [3.63, 3.8) is 0 Å². The topological polar surface area (TPSA) is 58.1 Å². The normalized spacial score (nSPS) is 13.6. The second kappa shape index (κ2) is 8.04. The lowest BCUT2D eigenvalue weighted by atomic mass is 10.1. The summed E-state index contributed by atoms with van der Waals surface area (Å²) in [4.78, 5) is 14.7. The Morgan fingerprint density at radius 1 is 0.963 bits per heavy atom. The number of anilines is 2. The van der Waals surface area contributed by atoms with Crippen molar-refractivity contribution in [3.8, 4) is 11.3 Å². The molecular weight excluding hydrogens is 451 g/mol. The first-order valence-electron chi connectivity index (χ1n) is 8.95. The number of halogens is 1. The van der Waals surface area contributed by atoms with E-state index in [-0.39, 0.29) is 5.91 Å². The summed E-state index contributed by atoms with van der Waals surface area (Å²) >= 11 is 2.22. The molecule has 1 N–H and O–H groups in total. The minimum absolute atomic E-state index is 0.126. The summed E-state index contributed by atoms with van der Waals surface area (Å²) in [6.07, 6.45) is 2.43. The minimum atomic E-state index is -0.126. The molecule has 5 nitrogen and oxygen atoms in total. The van der Waals surface area contributed by atoms with Gasteiger partial charge in [-0.2, -0.15) is 0 Å². The number of hydrogen-bond donors (Lipinski definition) is 1. The molecule has 2 heterocycles. The van der Waals surface area contributed by atoms with Crippen molar-refractivity contribution in [1.82, 2.24) is 10.2 Å². The van der Waals surface area contributed by atoms with Crippen LogP contribution in [0.1, 0.15) is 23.2 Å². The zero-order valence-corrected chi connectivity index (χ0v) is 16.9. The van der Waals surface area contributed by atoms with Crippen LogP contribution in [0.3, 0.4) is 0 Å². The van der Waals surface area contributed by atoms with Crippen LogP contribution in [-0.2, 0) is 0 Å². The van der Waals surface area contributed by atoms with Gasteiger partial charge in [0.2, 0.25) is 0 Å². The quantitative estimate of drug-likeness (QED) is 0.567. The molecule has 0 unspecified atom stereocenters. The molecule has 0 spiro atoms. The molecule has 0 atom stereocenters. The van der Waals surface area contributed by atoms with Gasteiger partial charge in [-0.25, -0.2) is 0 Å². The first-order chi connectivity index (χ1) is 13.2. The van der Waals surface area contributed by atoms with Gasteiger partial charge in [0.05, 0.1) is 5.69 Å². The Kier molecular flexibility index (Phi) is 5.33. The lowest BCUT2D eigenvalue weighted by molar-refractivity contribution is 0.102. The van der Waals surface area contributed by atoms with E-state index in [0.29, 0.717) is 5.56 Å². The Hall–Kier alpha value is -2.48. The molecule has 1 aliphatic heterocycles. The molecule has 6 heteroatoms. The largest absolute Gasteiger partial charge is 0.355 e. The number of carbonyl (C=O) groups excluding carboxylic acids is 1. The highest BCUT2D eigenvalue weighted by Gasteiger charge is 2.14. The van der Waals surface area contributed by atoms with Gasteiger partial charge >= 0.3 is 0 Å². The van der Waals surface area contributed by atoms with Gasteiger partial charge in [0, 0.05) is 33.5 Å². The molecule has 0 saturated carbocycles. The Labute approximate surface area is 172 Å². The number of rotatable bonds is 4. The monoisotopic (exact) mass is 470 g/mol. The van der Waals surface area contributed by atoms with Gasteiger partial charge in [0.1, 0.15) is 0 Å². The van der Waals surface area contributed by atoms with E-state index in [2.05, 4.69) is 43.0 Å². The summed E-state index contributed by atoms with van der Waals surface area (Å²) in [5, 5.41) is 11.7. The summed E-state index contributed by atoms with van der Waals surface area (Å²) in [5.74, 6) is 0.804. The zero-order valence-electron chi connectivity index (χ0n) is 14.7. The van der Waals surface area contributed by atoms with Gasteiger partial charge in [-0.1, -0.05) is 12.1 Å². The van der Waals surface area contributed by atoms with Crippen molar-refractivity contribution >= 4 is 40.0 Å². The smallest absolute Gasteiger partial charge is 0.255 e. The van der Waals surface area contributed by atoms with Crippen LogP contribution in [-0.4, -0.2) is 29.2 Å². The Bertz CT molecular complexity index is 935. The summed E-state index contributed by atoms with van der Waals surface area (Å²) in [5.41, 5.74) is 3.09. The molecule has 1 saturated heterocycles. The van der Waals surface area contributed by atoms with Crippen LogP contribution >= 0.6 is 22.6 Å². The third kappa shape index (κ3) is 4.27. The fourth-order valence-corrected chi connectivity index (χ4v) is 3.51. The SMILES string of the molecule is O=C(Nc1cccc(-c2ccc(N3CCCC3)nn2)c1)c1ccc(I)cc1. The van der Waals surface area contributed by atoms with Crippen LogP contribution in [0.5, 0.6) is 0 Å². The van der Waals surface area contributed by atoms with Crippen molar-refractivity contribution in [2.24, 2.45) is 0 Å². The highest BCUT2D eigenvalue weighted by Crippen LogP contribution is 2.23. The molecular formula is C21H19IN4O. The van der Waals surface area contributed by atoms with E-state index in [9.17, 15) is 4.79 Å². The molecule has 0 aliphatic carbocycles. The molecule has 4 rings (SSSR count). The molecule has 1 amide bonds. The van der Waals surface area contributed by atoms with E-state index >= 15 is 0 Å². The molecule has 2 aromatic carbocycles. The fraction of sp³-hybridized carbons (Fsp3) is 0.190. The molecule has 27 heavy (non-hydrogen) atoms. The van der Waals surface area contributed by atoms with Crippen LogP contribution in [0.2, 0.25) is 0 Å². The molecule has 0 radical (unpaired) electrons. The van der Waals surface area contributed by atoms with Crippen molar-refractivity contribution in [1.29, 1.82) is 0 Å². The van der Waals surface area contributed by atoms with Crippen molar-refractivity contribution in [2.45, 2.75) is 12.8 Å². The molecule has 1 fully saturated rings. The number of carbonyl (C=O) groups is 1. The van der Waals surface area contributed by atoms with Gasteiger partial charge in [-0.3, -0.25) is 4.79 Å². The Balaban J connectivity index is 1.50. The first-order valence-corrected chi connectivity index (χ1v) is 10.0. The van der Waals surface area contributed by atoms with Crippen molar-refractivity contribution < 1.29 is 4.79 Å². The van der Waals surface area contributed by atoms with E-state index in [1.807, 2.05) is 60.7 Å². The number of nitrogens with one attached hydrogen (secondary N) is 1. The van der Waals surface area contributed by atoms with Crippen molar-refractivity contribution in [2.75, 3.05) is 23.3 Å². The fourth-order valence-electron chi connectivity index (χ4n) is 3.15. The number of aromatic nitrogens is 2. The third-order valence-corrected chi connectivity index (χ3v) is 5.32. The first kappa shape index (κ1) is 17.9. The predicted molar refractivity (Wildman–Crippen MR) is 116 cm³/mol. The van der Waals surface area contributed by atoms with Gasteiger partial charge in [-0.05, 0) is 84.0 Å². The maximum atomic E-state index is 12.4. The average molecular weight is 470 g/mol. The summed E-state index contributed by atoms with van der Waals surface area (Å²) in [6, 6.07) is 19.2. The van der Waals surface area contributed by atoms with Gasteiger partial charge < -0.3 is 10.2 Å². The van der Waals surface area contributed by atoms with Gasteiger partial charge in [0.15, 0.2) is 5.82 Å². The molecule has 3 aromatic rings. The van der Waals surface area contributed by atoms with Gasteiger partial charge in [0.25, 0.3) is 5.91 Å². The van der Waals surface area contributed by atoms with Crippen LogP contribution in [0.25, 0.3) is 11.3 Å².